The number of carboxylic acid groups (broad SMARTS) is 1. The molecule has 0 fully saturated rings. The normalized spacial score (nSPS) is 13.6. The molecule has 20 heavy (non-hydrogen) atoms. The van der Waals surface area contributed by atoms with Crippen molar-refractivity contribution in [2.45, 2.75) is 25.2 Å². The molecule has 0 saturated heterocycles. The summed E-state index contributed by atoms with van der Waals surface area (Å²) in [5.74, 6) is -5.04. The van der Waals surface area contributed by atoms with Crippen LogP contribution in [0.15, 0.2) is 5.11 Å². The predicted octanol–water partition coefficient (Wildman–Crippen LogP) is -0.0669. The summed E-state index contributed by atoms with van der Waals surface area (Å²) in [4.78, 5) is 34.9. The molecule has 2 atom stereocenters. The minimum atomic E-state index is -5.16. The zero-order valence-corrected chi connectivity index (χ0v) is 10.0. The topological polar surface area (TPSA) is 144 Å². The second kappa shape index (κ2) is 7.19. The molecule has 0 aromatic carbocycles. The van der Waals surface area contributed by atoms with Crippen LogP contribution in [0, 0.1) is 0 Å². The third-order valence-electron chi connectivity index (χ3n) is 1.94. The van der Waals surface area contributed by atoms with Gasteiger partial charge in [-0.25, -0.2) is 4.79 Å². The van der Waals surface area contributed by atoms with E-state index in [1.807, 2.05) is 5.32 Å². The van der Waals surface area contributed by atoms with Gasteiger partial charge in [0.15, 0.2) is 0 Å². The van der Waals surface area contributed by atoms with Gasteiger partial charge in [0.05, 0.1) is 6.54 Å². The number of carboxylic acids is 1. The summed E-state index contributed by atoms with van der Waals surface area (Å²) in [5.41, 5.74) is 8.02. The molecule has 12 heteroatoms. The smallest absolute Gasteiger partial charge is 0.471 e. The third kappa shape index (κ3) is 5.91. The van der Waals surface area contributed by atoms with Crippen molar-refractivity contribution in [2.24, 2.45) is 5.11 Å². The second-order valence-corrected chi connectivity index (χ2v) is 3.51. The molecule has 0 aliphatic heterocycles. The van der Waals surface area contributed by atoms with Gasteiger partial charge in [0.2, 0.25) is 5.91 Å². The summed E-state index contributed by atoms with van der Waals surface area (Å²) in [7, 11) is 0. The largest absolute Gasteiger partial charge is 0.480 e. The number of amides is 2. The summed E-state index contributed by atoms with van der Waals surface area (Å²) < 4.78 is 35.8. The van der Waals surface area contributed by atoms with Gasteiger partial charge in [0, 0.05) is 4.91 Å². The SMILES string of the molecule is C[C@@H](NC(=O)C(F)(F)F)C(=O)N[C@H](CN=[N+]=[N-])C(=O)O. The number of carbonyl (C=O) groups excluding carboxylic acids is 2. The Hall–Kier alpha value is -2.49. The minimum absolute atomic E-state index is 0.627. The fourth-order valence-electron chi connectivity index (χ4n) is 0.944. The molecule has 0 aromatic rings. The zero-order chi connectivity index (χ0) is 15.9. The summed E-state index contributed by atoms with van der Waals surface area (Å²) in [6, 6.07) is -3.22. The second-order valence-electron chi connectivity index (χ2n) is 3.51. The van der Waals surface area contributed by atoms with Crippen LogP contribution < -0.4 is 10.6 Å². The Kier molecular flexibility index (Phi) is 6.29. The van der Waals surface area contributed by atoms with Crippen LogP contribution in [0.3, 0.4) is 0 Å². The third-order valence-corrected chi connectivity index (χ3v) is 1.94. The molecule has 9 nitrogen and oxygen atoms in total. The number of rotatable bonds is 6. The van der Waals surface area contributed by atoms with E-state index in [4.69, 9.17) is 10.6 Å². The van der Waals surface area contributed by atoms with E-state index in [1.165, 1.54) is 5.32 Å². The first-order chi connectivity index (χ1) is 9.09. The van der Waals surface area contributed by atoms with Gasteiger partial charge in [-0.3, -0.25) is 9.59 Å². The van der Waals surface area contributed by atoms with Gasteiger partial charge in [0.1, 0.15) is 12.1 Å². The molecular formula is C8H10F3N5O4. The number of hydrogen-bond acceptors (Lipinski definition) is 4. The van der Waals surface area contributed by atoms with Crippen molar-refractivity contribution >= 4 is 17.8 Å². The maximum Gasteiger partial charge on any atom is 0.471 e. The Morgan fingerprint density at radius 1 is 1.35 bits per heavy atom. The molecular weight excluding hydrogens is 287 g/mol. The molecule has 3 N–H and O–H groups in total. The van der Waals surface area contributed by atoms with Crippen LogP contribution >= 0.6 is 0 Å². The predicted molar refractivity (Wildman–Crippen MR) is 57.2 cm³/mol. The first-order valence-corrected chi connectivity index (χ1v) is 5.01. The van der Waals surface area contributed by atoms with Gasteiger partial charge >= 0.3 is 18.1 Å². The van der Waals surface area contributed by atoms with Crippen molar-refractivity contribution in [1.29, 1.82) is 0 Å². The lowest BCUT2D eigenvalue weighted by Gasteiger charge is -2.18. The molecule has 0 spiro atoms. The zero-order valence-electron chi connectivity index (χ0n) is 10.0. The maximum atomic E-state index is 11.9. The molecule has 0 aliphatic carbocycles. The number of carbonyl (C=O) groups is 3. The van der Waals surface area contributed by atoms with Crippen molar-refractivity contribution in [3.8, 4) is 0 Å². The van der Waals surface area contributed by atoms with Crippen molar-refractivity contribution in [2.75, 3.05) is 6.54 Å². The number of aliphatic carboxylic acids is 1. The van der Waals surface area contributed by atoms with Gasteiger partial charge in [-0.1, -0.05) is 5.11 Å². The van der Waals surface area contributed by atoms with Crippen molar-refractivity contribution < 1.29 is 32.7 Å². The summed E-state index contributed by atoms with van der Waals surface area (Å²) in [6.45, 7) is 0.308. The lowest BCUT2D eigenvalue weighted by atomic mass is 10.2. The number of azide groups is 1. The van der Waals surface area contributed by atoms with Gasteiger partial charge in [-0.05, 0) is 12.5 Å². The maximum absolute atomic E-state index is 11.9. The van der Waals surface area contributed by atoms with Crippen LogP contribution in [-0.2, 0) is 14.4 Å². The molecule has 0 heterocycles. The average Bonchev–Trinajstić information content (AvgIpc) is 2.32. The highest BCUT2D eigenvalue weighted by atomic mass is 19.4. The van der Waals surface area contributed by atoms with Gasteiger partial charge < -0.3 is 15.7 Å². The van der Waals surface area contributed by atoms with Crippen LogP contribution in [0.5, 0.6) is 0 Å². The van der Waals surface area contributed by atoms with E-state index in [-0.39, 0.29) is 0 Å². The highest BCUT2D eigenvalue weighted by molar-refractivity contribution is 5.91. The first kappa shape index (κ1) is 17.5. The van der Waals surface area contributed by atoms with E-state index in [2.05, 4.69) is 10.0 Å². The Labute approximate surface area is 109 Å². The molecule has 2 amide bonds. The van der Waals surface area contributed by atoms with Crippen LogP contribution in [-0.4, -0.2) is 47.7 Å². The van der Waals surface area contributed by atoms with E-state index in [0.29, 0.717) is 0 Å². The fraction of sp³-hybridized carbons (Fsp3) is 0.625. The molecule has 0 aromatic heterocycles. The van der Waals surface area contributed by atoms with Crippen LogP contribution in [0.1, 0.15) is 6.92 Å². The van der Waals surface area contributed by atoms with Gasteiger partial charge in [-0.15, -0.1) is 0 Å². The quantitative estimate of drug-likeness (QED) is 0.358. The van der Waals surface area contributed by atoms with Gasteiger partial charge in [0.25, 0.3) is 0 Å². The van der Waals surface area contributed by atoms with Crippen LogP contribution in [0.4, 0.5) is 13.2 Å². The minimum Gasteiger partial charge on any atom is -0.480 e. The standard InChI is InChI=1S/C8H10F3N5O4/c1-3(14-7(20)8(9,10)11)5(17)15-4(6(18)19)2-13-16-12/h3-4H,2H2,1H3,(H,14,20)(H,15,17)(H,18,19)/t3-,4-/m1/s1. The fourth-order valence-corrected chi connectivity index (χ4v) is 0.944. The highest BCUT2D eigenvalue weighted by Gasteiger charge is 2.40. The Morgan fingerprint density at radius 3 is 2.30 bits per heavy atom. The van der Waals surface area contributed by atoms with E-state index in [0.717, 1.165) is 6.92 Å². The molecule has 112 valence electrons. The number of alkyl halides is 3. The lowest BCUT2D eigenvalue weighted by molar-refractivity contribution is -0.174. The highest BCUT2D eigenvalue weighted by Crippen LogP contribution is 2.14. The van der Waals surface area contributed by atoms with Crippen molar-refractivity contribution in [3.05, 3.63) is 10.4 Å². The number of nitrogens with zero attached hydrogens (tertiary/aromatic N) is 3. The van der Waals surface area contributed by atoms with E-state index in [1.54, 1.807) is 0 Å². The molecule has 0 radical (unpaired) electrons. The van der Waals surface area contributed by atoms with Crippen molar-refractivity contribution in [1.82, 2.24) is 10.6 Å². The molecule has 0 saturated carbocycles. The van der Waals surface area contributed by atoms with Crippen LogP contribution in [0.2, 0.25) is 0 Å². The van der Waals surface area contributed by atoms with E-state index < -0.39 is 42.6 Å². The van der Waals surface area contributed by atoms with E-state index in [9.17, 15) is 27.6 Å². The van der Waals surface area contributed by atoms with Crippen LogP contribution in [0.25, 0.3) is 10.4 Å². The Morgan fingerprint density at radius 2 is 1.90 bits per heavy atom. The molecule has 0 bridgehead atoms. The summed E-state index contributed by atoms with van der Waals surface area (Å²) in [5, 5.41) is 14.8. The first-order valence-electron chi connectivity index (χ1n) is 5.01. The Balaban J connectivity index is 4.61. The Bertz CT molecular complexity index is 446. The number of halogens is 3. The monoisotopic (exact) mass is 297 g/mol. The molecule has 0 rings (SSSR count). The number of hydrogen-bond donors (Lipinski definition) is 3. The molecule has 0 unspecified atom stereocenters. The lowest BCUT2D eigenvalue weighted by Crippen LogP contribution is -2.53. The average molecular weight is 297 g/mol. The van der Waals surface area contributed by atoms with E-state index >= 15 is 0 Å². The summed E-state index contributed by atoms with van der Waals surface area (Å²) >= 11 is 0. The van der Waals surface area contributed by atoms with Crippen molar-refractivity contribution in [3.63, 3.8) is 0 Å². The summed E-state index contributed by atoms with van der Waals surface area (Å²) in [6.07, 6.45) is -5.16. The molecule has 0 aliphatic rings. The number of nitrogens with one attached hydrogen (secondary N) is 2. The van der Waals surface area contributed by atoms with Gasteiger partial charge in [-0.2, -0.15) is 13.2 Å².